The quantitative estimate of drug-likeness (QED) is 0.834. The summed E-state index contributed by atoms with van der Waals surface area (Å²) in [5, 5.41) is 0. The topological polar surface area (TPSA) is 56.3 Å². The molecule has 5 heteroatoms. The van der Waals surface area contributed by atoms with E-state index < -0.39 is 0 Å². The maximum atomic E-state index is 6.24. The molecule has 2 atom stereocenters. The Hall–Kier alpha value is -0.910. The molecule has 2 unspecified atom stereocenters. The Kier molecular flexibility index (Phi) is 3.81. The fourth-order valence-corrected chi connectivity index (χ4v) is 2.25. The maximum absolute atomic E-state index is 6.24. The summed E-state index contributed by atoms with van der Waals surface area (Å²) in [6, 6.07) is 0.381. The Morgan fingerprint density at radius 3 is 2.88 bits per heavy atom. The second kappa shape index (κ2) is 5.16. The van der Waals surface area contributed by atoms with Crippen LogP contribution in [-0.2, 0) is 11.8 Å². The van der Waals surface area contributed by atoms with E-state index in [1.54, 1.807) is 6.20 Å². The van der Waals surface area contributed by atoms with Gasteiger partial charge in [0, 0.05) is 38.6 Å². The Morgan fingerprint density at radius 2 is 2.29 bits per heavy atom. The molecule has 0 spiro atoms. The Labute approximate surface area is 103 Å². The second-order valence-electron chi connectivity index (χ2n) is 4.92. The highest BCUT2D eigenvalue weighted by Gasteiger charge is 2.29. The predicted octanol–water partition coefficient (Wildman–Crippen LogP) is 0.529. The molecule has 2 heterocycles. The summed E-state index contributed by atoms with van der Waals surface area (Å²) >= 11 is 0. The van der Waals surface area contributed by atoms with Gasteiger partial charge in [-0.15, -0.1) is 0 Å². The highest BCUT2D eigenvalue weighted by Crippen LogP contribution is 2.19. The van der Waals surface area contributed by atoms with Crippen molar-refractivity contribution < 1.29 is 4.74 Å². The molecule has 1 fully saturated rings. The summed E-state index contributed by atoms with van der Waals surface area (Å²) in [4.78, 5) is 6.70. The SMILES string of the molecule is CC(C)N1CCOC(C(N)c2nccn2C)C1. The first-order valence-corrected chi connectivity index (χ1v) is 6.18. The van der Waals surface area contributed by atoms with Crippen molar-refractivity contribution in [3.8, 4) is 0 Å². The molecule has 0 radical (unpaired) electrons. The van der Waals surface area contributed by atoms with Gasteiger partial charge in [0.25, 0.3) is 0 Å². The first-order valence-electron chi connectivity index (χ1n) is 6.18. The van der Waals surface area contributed by atoms with Crippen LogP contribution in [0.2, 0.25) is 0 Å². The van der Waals surface area contributed by atoms with Crippen LogP contribution in [0, 0.1) is 0 Å². The van der Waals surface area contributed by atoms with Gasteiger partial charge in [-0.2, -0.15) is 0 Å². The van der Waals surface area contributed by atoms with Gasteiger partial charge in [-0.3, -0.25) is 4.90 Å². The highest BCUT2D eigenvalue weighted by atomic mass is 16.5. The van der Waals surface area contributed by atoms with Crippen molar-refractivity contribution >= 4 is 0 Å². The molecule has 0 amide bonds. The molecule has 2 N–H and O–H groups in total. The minimum atomic E-state index is -0.156. The molecule has 96 valence electrons. The van der Waals surface area contributed by atoms with E-state index in [0.29, 0.717) is 6.04 Å². The van der Waals surface area contributed by atoms with Crippen LogP contribution in [-0.4, -0.2) is 46.3 Å². The molecule has 0 saturated carbocycles. The van der Waals surface area contributed by atoms with Crippen molar-refractivity contribution in [2.45, 2.75) is 32.0 Å². The fourth-order valence-electron chi connectivity index (χ4n) is 2.25. The van der Waals surface area contributed by atoms with Gasteiger partial charge in [0.05, 0.1) is 18.8 Å². The minimum Gasteiger partial charge on any atom is -0.373 e. The number of ether oxygens (including phenoxy) is 1. The van der Waals surface area contributed by atoms with E-state index in [-0.39, 0.29) is 12.1 Å². The zero-order valence-electron chi connectivity index (χ0n) is 10.8. The van der Waals surface area contributed by atoms with Crippen LogP contribution in [0.4, 0.5) is 0 Å². The third-order valence-electron chi connectivity index (χ3n) is 3.41. The molecule has 0 bridgehead atoms. The van der Waals surface area contributed by atoms with E-state index in [4.69, 9.17) is 10.5 Å². The first-order chi connectivity index (χ1) is 8.09. The second-order valence-corrected chi connectivity index (χ2v) is 4.92. The van der Waals surface area contributed by atoms with Crippen LogP contribution in [0.15, 0.2) is 12.4 Å². The van der Waals surface area contributed by atoms with E-state index in [1.165, 1.54) is 0 Å². The summed E-state index contributed by atoms with van der Waals surface area (Å²) < 4.78 is 7.74. The Bertz CT molecular complexity index is 363. The zero-order chi connectivity index (χ0) is 12.4. The van der Waals surface area contributed by atoms with Crippen molar-refractivity contribution in [1.29, 1.82) is 0 Å². The van der Waals surface area contributed by atoms with Crippen LogP contribution in [0.25, 0.3) is 0 Å². The van der Waals surface area contributed by atoms with Crippen LogP contribution in [0.1, 0.15) is 25.7 Å². The van der Waals surface area contributed by atoms with Gasteiger partial charge in [0.1, 0.15) is 5.82 Å². The number of nitrogens with zero attached hydrogens (tertiary/aromatic N) is 3. The van der Waals surface area contributed by atoms with Crippen LogP contribution in [0.3, 0.4) is 0 Å². The van der Waals surface area contributed by atoms with Gasteiger partial charge in [-0.25, -0.2) is 4.98 Å². The summed E-state index contributed by atoms with van der Waals surface area (Å²) in [6.45, 7) is 7.03. The van der Waals surface area contributed by atoms with Gasteiger partial charge in [-0.1, -0.05) is 0 Å². The van der Waals surface area contributed by atoms with E-state index in [2.05, 4.69) is 23.7 Å². The lowest BCUT2D eigenvalue weighted by molar-refractivity contribution is -0.0517. The fraction of sp³-hybridized carbons (Fsp3) is 0.750. The zero-order valence-corrected chi connectivity index (χ0v) is 10.8. The van der Waals surface area contributed by atoms with Crippen LogP contribution in [0.5, 0.6) is 0 Å². The number of nitrogens with two attached hydrogens (primary N) is 1. The summed E-state index contributed by atoms with van der Waals surface area (Å²) in [6.07, 6.45) is 3.73. The lowest BCUT2D eigenvalue weighted by atomic mass is 10.1. The van der Waals surface area contributed by atoms with Gasteiger partial charge in [0.15, 0.2) is 0 Å². The molecule has 0 aromatic carbocycles. The first kappa shape index (κ1) is 12.5. The monoisotopic (exact) mass is 238 g/mol. The average Bonchev–Trinajstić information content (AvgIpc) is 2.74. The maximum Gasteiger partial charge on any atom is 0.128 e. The smallest absolute Gasteiger partial charge is 0.128 e. The molecule has 0 aliphatic carbocycles. The molecule has 1 saturated heterocycles. The average molecular weight is 238 g/mol. The van der Waals surface area contributed by atoms with Crippen LogP contribution >= 0.6 is 0 Å². The third kappa shape index (κ3) is 2.68. The number of hydrogen-bond donors (Lipinski definition) is 1. The molecular formula is C12H22N4O. The van der Waals surface area contributed by atoms with E-state index in [9.17, 15) is 0 Å². The summed E-state index contributed by atoms with van der Waals surface area (Å²) in [5.41, 5.74) is 6.24. The summed E-state index contributed by atoms with van der Waals surface area (Å²) in [5.74, 6) is 0.889. The predicted molar refractivity (Wildman–Crippen MR) is 66.6 cm³/mol. The molecule has 2 rings (SSSR count). The lowest BCUT2D eigenvalue weighted by Crippen LogP contribution is -2.49. The molecule has 1 aromatic heterocycles. The number of aryl methyl sites for hydroxylation is 1. The molecular weight excluding hydrogens is 216 g/mol. The molecule has 17 heavy (non-hydrogen) atoms. The number of hydrogen-bond acceptors (Lipinski definition) is 4. The van der Waals surface area contributed by atoms with Crippen molar-refractivity contribution in [2.75, 3.05) is 19.7 Å². The number of morpholine rings is 1. The van der Waals surface area contributed by atoms with Crippen molar-refractivity contribution in [2.24, 2.45) is 12.8 Å². The Morgan fingerprint density at radius 1 is 1.53 bits per heavy atom. The van der Waals surface area contributed by atoms with E-state index >= 15 is 0 Å². The van der Waals surface area contributed by atoms with Gasteiger partial charge in [-0.05, 0) is 13.8 Å². The number of rotatable bonds is 3. The third-order valence-corrected chi connectivity index (χ3v) is 3.41. The highest BCUT2D eigenvalue weighted by molar-refractivity contribution is 5.01. The van der Waals surface area contributed by atoms with E-state index in [0.717, 1.165) is 25.5 Å². The molecule has 1 aliphatic heterocycles. The van der Waals surface area contributed by atoms with Gasteiger partial charge < -0.3 is 15.0 Å². The largest absolute Gasteiger partial charge is 0.373 e. The number of imidazole rings is 1. The summed E-state index contributed by atoms with van der Waals surface area (Å²) in [7, 11) is 1.96. The van der Waals surface area contributed by atoms with Crippen molar-refractivity contribution in [1.82, 2.24) is 14.5 Å². The van der Waals surface area contributed by atoms with E-state index in [1.807, 2.05) is 17.8 Å². The van der Waals surface area contributed by atoms with Gasteiger partial charge >= 0.3 is 0 Å². The van der Waals surface area contributed by atoms with Crippen molar-refractivity contribution in [3.05, 3.63) is 18.2 Å². The Balaban J connectivity index is 2.05. The molecule has 1 aromatic rings. The molecule has 5 nitrogen and oxygen atoms in total. The van der Waals surface area contributed by atoms with Crippen LogP contribution < -0.4 is 5.73 Å². The number of aromatic nitrogens is 2. The standard InChI is InChI=1S/C12H22N4O/c1-9(2)16-6-7-17-10(8-16)11(13)12-14-4-5-15(12)3/h4-5,9-11H,6-8,13H2,1-3H3. The van der Waals surface area contributed by atoms with Gasteiger partial charge in [0.2, 0.25) is 0 Å². The molecule has 1 aliphatic rings. The lowest BCUT2D eigenvalue weighted by Gasteiger charge is -2.37. The minimum absolute atomic E-state index is 0.0345. The van der Waals surface area contributed by atoms with Crippen molar-refractivity contribution in [3.63, 3.8) is 0 Å². The normalized spacial score (nSPS) is 24.2.